The van der Waals surface area contributed by atoms with Crippen LogP contribution in [-0.2, 0) is 20.0 Å². The number of rotatable bonds is 6. The van der Waals surface area contributed by atoms with Gasteiger partial charge in [0.05, 0.1) is 5.69 Å². The van der Waals surface area contributed by atoms with Gasteiger partial charge in [-0.2, -0.15) is 0 Å². The molecular formula is C16H24N4. The van der Waals surface area contributed by atoms with Gasteiger partial charge in [-0.25, -0.2) is 0 Å². The zero-order valence-electron chi connectivity index (χ0n) is 12.8. The molecule has 0 aliphatic heterocycles. The van der Waals surface area contributed by atoms with Gasteiger partial charge in [-0.15, -0.1) is 5.10 Å². The van der Waals surface area contributed by atoms with Crippen LogP contribution in [0.4, 0.5) is 0 Å². The molecule has 4 heteroatoms. The van der Waals surface area contributed by atoms with E-state index in [-0.39, 0.29) is 0 Å². The lowest BCUT2D eigenvalue weighted by atomic mass is 10.00. The van der Waals surface area contributed by atoms with E-state index in [1.54, 1.807) is 4.68 Å². The van der Waals surface area contributed by atoms with E-state index >= 15 is 0 Å². The Morgan fingerprint density at radius 1 is 1.15 bits per heavy atom. The Bertz CT molecular complexity index is 528. The highest BCUT2D eigenvalue weighted by atomic mass is 15.4. The highest BCUT2D eigenvalue weighted by molar-refractivity contribution is 5.25. The van der Waals surface area contributed by atoms with Crippen LogP contribution in [0.2, 0.25) is 0 Å². The minimum absolute atomic E-state index is 0.310. The normalized spacial score (nSPS) is 12.8. The molecule has 108 valence electrons. The van der Waals surface area contributed by atoms with Gasteiger partial charge in [0.15, 0.2) is 0 Å². The monoisotopic (exact) mass is 272 g/mol. The van der Waals surface area contributed by atoms with Crippen LogP contribution in [0.15, 0.2) is 30.5 Å². The van der Waals surface area contributed by atoms with Gasteiger partial charge >= 0.3 is 0 Å². The molecule has 0 saturated carbocycles. The summed E-state index contributed by atoms with van der Waals surface area (Å²) in [7, 11) is 1.88. The summed E-state index contributed by atoms with van der Waals surface area (Å²) in [6.07, 6.45) is 3.08. The number of hydrogen-bond acceptors (Lipinski definition) is 3. The summed E-state index contributed by atoms with van der Waals surface area (Å²) < 4.78 is 1.72. The van der Waals surface area contributed by atoms with E-state index in [4.69, 9.17) is 0 Å². The molecule has 0 amide bonds. The molecule has 0 bridgehead atoms. The lowest BCUT2D eigenvalue weighted by Crippen LogP contribution is -2.18. The van der Waals surface area contributed by atoms with Crippen LogP contribution >= 0.6 is 0 Å². The Kier molecular flexibility index (Phi) is 4.90. The highest BCUT2D eigenvalue weighted by Gasteiger charge is 2.06. The van der Waals surface area contributed by atoms with Crippen LogP contribution in [0.3, 0.4) is 0 Å². The Labute approximate surface area is 121 Å². The second kappa shape index (κ2) is 6.66. The first kappa shape index (κ1) is 14.7. The van der Waals surface area contributed by atoms with E-state index in [0.29, 0.717) is 12.0 Å². The molecule has 0 aliphatic carbocycles. The van der Waals surface area contributed by atoms with Gasteiger partial charge in [0.2, 0.25) is 0 Å². The first-order valence-electron chi connectivity index (χ1n) is 7.22. The Balaban J connectivity index is 1.90. The maximum atomic E-state index is 4.08. The van der Waals surface area contributed by atoms with Crippen molar-refractivity contribution in [1.29, 1.82) is 0 Å². The van der Waals surface area contributed by atoms with Crippen molar-refractivity contribution in [2.75, 3.05) is 0 Å². The van der Waals surface area contributed by atoms with Crippen LogP contribution in [0.5, 0.6) is 0 Å². The molecule has 1 heterocycles. The SMILES string of the molecule is CC(C)Cc1ccc(C(C)NCc2cn(C)nn2)cc1. The third-order valence-corrected chi connectivity index (χ3v) is 3.36. The quantitative estimate of drug-likeness (QED) is 0.879. The van der Waals surface area contributed by atoms with E-state index in [9.17, 15) is 0 Å². The van der Waals surface area contributed by atoms with Gasteiger partial charge in [0.1, 0.15) is 0 Å². The van der Waals surface area contributed by atoms with E-state index in [2.05, 4.69) is 60.7 Å². The molecular weight excluding hydrogens is 248 g/mol. The van der Waals surface area contributed by atoms with Crippen molar-refractivity contribution in [1.82, 2.24) is 20.3 Å². The molecule has 0 radical (unpaired) electrons. The van der Waals surface area contributed by atoms with Crippen molar-refractivity contribution in [3.8, 4) is 0 Å². The molecule has 2 rings (SSSR count). The van der Waals surface area contributed by atoms with Crippen LogP contribution < -0.4 is 5.32 Å². The van der Waals surface area contributed by atoms with Crippen molar-refractivity contribution in [3.63, 3.8) is 0 Å². The molecule has 4 nitrogen and oxygen atoms in total. The Hall–Kier alpha value is -1.68. The zero-order valence-corrected chi connectivity index (χ0v) is 12.8. The summed E-state index contributed by atoms with van der Waals surface area (Å²) in [5.74, 6) is 0.702. The maximum absolute atomic E-state index is 4.08. The topological polar surface area (TPSA) is 42.7 Å². The predicted molar refractivity (Wildman–Crippen MR) is 81.2 cm³/mol. The highest BCUT2D eigenvalue weighted by Crippen LogP contribution is 2.15. The minimum atomic E-state index is 0.310. The summed E-state index contributed by atoms with van der Waals surface area (Å²) in [5.41, 5.74) is 3.68. The van der Waals surface area contributed by atoms with Crippen molar-refractivity contribution < 1.29 is 0 Å². The Morgan fingerprint density at radius 3 is 2.40 bits per heavy atom. The van der Waals surface area contributed by atoms with Crippen molar-refractivity contribution in [3.05, 3.63) is 47.3 Å². The third kappa shape index (κ3) is 4.17. The number of aryl methyl sites for hydroxylation is 1. The molecule has 0 saturated heterocycles. The van der Waals surface area contributed by atoms with Crippen molar-refractivity contribution >= 4 is 0 Å². The summed E-state index contributed by atoms with van der Waals surface area (Å²) in [4.78, 5) is 0. The summed E-state index contributed by atoms with van der Waals surface area (Å²) in [6, 6.07) is 9.20. The van der Waals surface area contributed by atoms with Crippen molar-refractivity contribution in [2.45, 2.75) is 39.8 Å². The molecule has 1 N–H and O–H groups in total. The summed E-state index contributed by atoms with van der Waals surface area (Å²) in [5, 5.41) is 11.5. The van der Waals surface area contributed by atoms with Crippen molar-refractivity contribution in [2.24, 2.45) is 13.0 Å². The molecule has 0 fully saturated rings. The maximum Gasteiger partial charge on any atom is 0.0964 e. The van der Waals surface area contributed by atoms with Gasteiger partial charge in [0.25, 0.3) is 0 Å². The molecule has 0 aliphatic rings. The minimum Gasteiger partial charge on any atom is -0.304 e. The molecule has 0 spiro atoms. The van der Waals surface area contributed by atoms with E-state index < -0.39 is 0 Å². The fourth-order valence-corrected chi connectivity index (χ4v) is 2.27. The second-order valence-corrected chi connectivity index (χ2v) is 5.83. The molecule has 20 heavy (non-hydrogen) atoms. The van der Waals surface area contributed by atoms with Crippen LogP contribution in [0.25, 0.3) is 0 Å². The number of benzene rings is 1. The molecule has 1 atom stereocenters. The first-order valence-corrected chi connectivity index (χ1v) is 7.22. The number of hydrogen-bond donors (Lipinski definition) is 1. The molecule has 1 aromatic carbocycles. The van der Waals surface area contributed by atoms with E-state index in [1.165, 1.54) is 11.1 Å². The van der Waals surface area contributed by atoms with Gasteiger partial charge < -0.3 is 5.32 Å². The average Bonchev–Trinajstić information content (AvgIpc) is 2.82. The smallest absolute Gasteiger partial charge is 0.0964 e. The van der Waals surface area contributed by atoms with Crippen LogP contribution in [0, 0.1) is 5.92 Å². The standard InChI is InChI=1S/C16H24N4/c1-12(2)9-14-5-7-15(8-6-14)13(3)17-10-16-11-20(4)19-18-16/h5-8,11-13,17H,9-10H2,1-4H3. The van der Waals surface area contributed by atoms with Gasteiger partial charge in [0, 0.05) is 25.8 Å². The summed E-state index contributed by atoms with van der Waals surface area (Å²) >= 11 is 0. The Morgan fingerprint density at radius 2 is 1.85 bits per heavy atom. The summed E-state index contributed by atoms with van der Waals surface area (Å²) in [6.45, 7) is 7.41. The van der Waals surface area contributed by atoms with Crippen LogP contribution in [-0.4, -0.2) is 15.0 Å². The van der Waals surface area contributed by atoms with E-state index in [1.807, 2.05) is 13.2 Å². The fourth-order valence-electron chi connectivity index (χ4n) is 2.27. The van der Waals surface area contributed by atoms with Crippen LogP contribution in [0.1, 0.15) is 43.6 Å². The van der Waals surface area contributed by atoms with Gasteiger partial charge in [-0.05, 0) is 30.4 Å². The lowest BCUT2D eigenvalue weighted by Gasteiger charge is -2.14. The fraction of sp³-hybridized carbons (Fsp3) is 0.500. The number of aromatic nitrogens is 3. The van der Waals surface area contributed by atoms with E-state index in [0.717, 1.165) is 18.7 Å². The zero-order chi connectivity index (χ0) is 14.5. The second-order valence-electron chi connectivity index (χ2n) is 5.83. The van der Waals surface area contributed by atoms with Gasteiger partial charge in [-0.1, -0.05) is 43.3 Å². The number of nitrogens with zero attached hydrogens (tertiary/aromatic N) is 3. The average molecular weight is 272 g/mol. The third-order valence-electron chi connectivity index (χ3n) is 3.36. The number of nitrogens with one attached hydrogen (secondary N) is 1. The largest absolute Gasteiger partial charge is 0.304 e. The van der Waals surface area contributed by atoms with Gasteiger partial charge in [-0.3, -0.25) is 4.68 Å². The lowest BCUT2D eigenvalue weighted by molar-refractivity contribution is 0.566. The molecule has 1 aromatic heterocycles. The molecule has 2 aromatic rings. The first-order chi connectivity index (χ1) is 9.54. The predicted octanol–water partition coefficient (Wildman–Crippen LogP) is 2.86. The molecule has 1 unspecified atom stereocenters.